The summed E-state index contributed by atoms with van der Waals surface area (Å²) in [6, 6.07) is 5.03. The Labute approximate surface area is 119 Å². The number of nitrogens with zero attached hydrogens (tertiary/aromatic N) is 1. The van der Waals surface area contributed by atoms with Crippen LogP contribution in [0, 0.1) is 22.0 Å². The fourth-order valence-electron chi connectivity index (χ4n) is 3.14. The first-order valence-corrected chi connectivity index (χ1v) is 7.34. The van der Waals surface area contributed by atoms with Crippen LogP contribution in [0.4, 0.5) is 17.1 Å². The number of nitro benzene ring substituents is 1. The molecular formula is C15H23N3O2. The van der Waals surface area contributed by atoms with Crippen LogP contribution in [0.2, 0.25) is 0 Å². The van der Waals surface area contributed by atoms with Crippen LogP contribution in [0.1, 0.15) is 39.0 Å². The largest absolute Gasteiger partial charge is 0.393 e. The summed E-state index contributed by atoms with van der Waals surface area (Å²) < 4.78 is 0. The monoisotopic (exact) mass is 277 g/mol. The van der Waals surface area contributed by atoms with Gasteiger partial charge in [-0.2, -0.15) is 0 Å². The van der Waals surface area contributed by atoms with E-state index in [2.05, 4.69) is 12.2 Å². The Morgan fingerprint density at radius 1 is 1.45 bits per heavy atom. The number of para-hydroxylation sites is 1. The van der Waals surface area contributed by atoms with Crippen molar-refractivity contribution in [1.82, 2.24) is 0 Å². The third-order valence-corrected chi connectivity index (χ3v) is 4.16. The van der Waals surface area contributed by atoms with Gasteiger partial charge in [-0.25, -0.2) is 0 Å². The van der Waals surface area contributed by atoms with Crippen molar-refractivity contribution in [2.75, 3.05) is 17.6 Å². The average Bonchev–Trinajstić information content (AvgIpc) is 2.38. The van der Waals surface area contributed by atoms with Crippen LogP contribution < -0.4 is 11.1 Å². The summed E-state index contributed by atoms with van der Waals surface area (Å²) in [6.45, 7) is 3.07. The molecular weight excluding hydrogens is 254 g/mol. The molecule has 0 saturated heterocycles. The third-order valence-electron chi connectivity index (χ3n) is 4.16. The van der Waals surface area contributed by atoms with Crippen molar-refractivity contribution in [3.05, 3.63) is 28.3 Å². The molecule has 0 bridgehead atoms. The molecule has 3 N–H and O–H groups in total. The zero-order valence-electron chi connectivity index (χ0n) is 12.0. The van der Waals surface area contributed by atoms with Crippen molar-refractivity contribution < 1.29 is 4.92 Å². The van der Waals surface area contributed by atoms with E-state index in [1.54, 1.807) is 18.2 Å². The summed E-state index contributed by atoms with van der Waals surface area (Å²) in [4.78, 5) is 10.6. The molecule has 2 unspecified atom stereocenters. The number of nitrogens with two attached hydrogens (primary N) is 1. The van der Waals surface area contributed by atoms with E-state index in [4.69, 9.17) is 5.73 Å². The number of nitro groups is 1. The number of nitrogens with one attached hydrogen (secondary N) is 1. The molecule has 20 heavy (non-hydrogen) atoms. The average molecular weight is 277 g/mol. The molecule has 5 nitrogen and oxygen atoms in total. The molecule has 0 aromatic heterocycles. The van der Waals surface area contributed by atoms with Crippen molar-refractivity contribution in [2.45, 2.75) is 39.0 Å². The van der Waals surface area contributed by atoms with Crippen molar-refractivity contribution in [1.29, 1.82) is 0 Å². The Morgan fingerprint density at radius 2 is 2.25 bits per heavy atom. The maximum atomic E-state index is 11.0. The Hall–Kier alpha value is -1.78. The lowest BCUT2D eigenvalue weighted by Gasteiger charge is -2.26. The van der Waals surface area contributed by atoms with E-state index < -0.39 is 4.92 Å². The normalized spacial score (nSPS) is 22.4. The molecule has 1 saturated carbocycles. The van der Waals surface area contributed by atoms with Gasteiger partial charge in [0.1, 0.15) is 11.4 Å². The minimum Gasteiger partial charge on any atom is -0.393 e. The van der Waals surface area contributed by atoms with Crippen molar-refractivity contribution >= 4 is 17.1 Å². The van der Waals surface area contributed by atoms with Gasteiger partial charge < -0.3 is 11.1 Å². The van der Waals surface area contributed by atoms with Gasteiger partial charge in [-0.1, -0.05) is 32.3 Å². The standard InChI is InChI=1S/C15H23N3O2/c1-11-4-2-5-12(10-11)8-9-17-14-7-3-6-13(16)15(14)18(19)20/h3,6-7,11-12,17H,2,4-5,8-10,16H2,1H3. The molecule has 1 aliphatic carbocycles. The van der Waals surface area contributed by atoms with Gasteiger partial charge in [-0.15, -0.1) is 0 Å². The highest BCUT2D eigenvalue weighted by atomic mass is 16.6. The second kappa shape index (κ2) is 6.59. The summed E-state index contributed by atoms with van der Waals surface area (Å²) in [7, 11) is 0. The molecule has 1 fully saturated rings. The van der Waals surface area contributed by atoms with Crippen LogP contribution in [-0.2, 0) is 0 Å². The highest BCUT2D eigenvalue weighted by Crippen LogP contribution is 2.32. The van der Waals surface area contributed by atoms with E-state index in [0.29, 0.717) is 5.69 Å². The Bertz CT molecular complexity index is 476. The van der Waals surface area contributed by atoms with Crippen LogP contribution in [0.3, 0.4) is 0 Å². The number of hydrogen-bond donors (Lipinski definition) is 2. The first kappa shape index (κ1) is 14.6. The second-order valence-corrected chi connectivity index (χ2v) is 5.85. The quantitative estimate of drug-likeness (QED) is 0.487. The molecule has 0 radical (unpaired) electrons. The van der Waals surface area contributed by atoms with Crippen molar-refractivity contribution in [3.8, 4) is 0 Å². The van der Waals surface area contributed by atoms with E-state index in [-0.39, 0.29) is 11.4 Å². The van der Waals surface area contributed by atoms with Crippen LogP contribution >= 0.6 is 0 Å². The molecule has 2 rings (SSSR count). The van der Waals surface area contributed by atoms with Gasteiger partial charge in [0.2, 0.25) is 0 Å². The second-order valence-electron chi connectivity index (χ2n) is 5.85. The molecule has 110 valence electrons. The molecule has 1 aromatic carbocycles. The fourth-order valence-corrected chi connectivity index (χ4v) is 3.14. The van der Waals surface area contributed by atoms with E-state index in [1.807, 2.05) is 0 Å². The van der Waals surface area contributed by atoms with Crippen LogP contribution in [-0.4, -0.2) is 11.5 Å². The lowest BCUT2D eigenvalue weighted by atomic mass is 9.81. The van der Waals surface area contributed by atoms with Gasteiger partial charge in [-0.05, 0) is 36.8 Å². The van der Waals surface area contributed by atoms with Crippen LogP contribution in [0.15, 0.2) is 18.2 Å². The molecule has 1 aliphatic rings. The summed E-state index contributed by atoms with van der Waals surface area (Å²) in [5.74, 6) is 1.56. The van der Waals surface area contributed by atoms with Gasteiger partial charge in [0.15, 0.2) is 0 Å². The van der Waals surface area contributed by atoms with E-state index in [0.717, 1.165) is 24.8 Å². The Balaban J connectivity index is 1.91. The SMILES string of the molecule is CC1CCCC(CCNc2cccc(N)c2[N+](=O)[O-])C1. The first-order valence-electron chi connectivity index (χ1n) is 7.34. The molecule has 0 amide bonds. The summed E-state index contributed by atoms with van der Waals surface area (Å²) in [6.07, 6.45) is 6.27. The van der Waals surface area contributed by atoms with E-state index in [9.17, 15) is 10.1 Å². The van der Waals surface area contributed by atoms with Gasteiger partial charge in [-0.3, -0.25) is 10.1 Å². The van der Waals surface area contributed by atoms with Gasteiger partial charge >= 0.3 is 5.69 Å². The topological polar surface area (TPSA) is 81.2 Å². The van der Waals surface area contributed by atoms with Crippen molar-refractivity contribution in [3.63, 3.8) is 0 Å². The predicted molar refractivity (Wildman–Crippen MR) is 81.7 cm³/mol. The van der Waals surface area contributed by atoms with Crippen LogP contribution in [0.5, 0.6) is 0 Å². The number of nitrogen functional groups attached to an aromatic ring is 1. The highest BCUT2D eigenvalue weighted by Gasteiger charge is 2.20. The molecule has 5 heteroatoms. The number of rotatable bonds is 5. The van der Waals surface area contributed by atoms with Gasteiger partial charge in [0.25, 0.3) is 0 Å². The summed E-state index contributed by atoms with van der Waals surface area (Å²) in [5.41, 5.74) is 6.40. The maximum absolute atomic E-state index is 11.0. The number of benzene rings is 1. The summed E-state index contributed by atoms with van der Waals surface area (Å²) in [5, 5.41) is 14.2. The molecule has 0 heterocycles. The third kappa shape index (κ3) is 3.62. The van der Waals surface area contributed by atoms with E-state index in [1.165, 1.54) is 25.7 Å². The Kier molecular flexibility index (Phi) is 4.82. The smallest absolute Gasteiger partial charge is 0.314 e. The lowest BCUT2D eigenvalue weighted by molar-refractivity contribution is -0.383. The summed E-state index contributed by atoms with van der Waals surface area (Å²) >= 11 is 0. The number of hydrogen-bond acceptors (Lipinski definition) is 4. The highest BCUT2D eigenvalue weighted by molar-refractivity contribution is 5.74. The molecule has 0 spiro atoms. The van der Waals surface area contributed by atoms with Crippen molar-refractivity contribution in [2.24, 2.45) is 11.8 Å². The molecule has 1 aromatic rings. The lowest BCUT2D eigenvalue weighted by Crippen LogP contribution is -2.17. The van der Waals surface area contributed by atoms with Gasteiger partial charge in [0, 0.05) is 6.54 Å². The molecule has 0 aliphatic heterocycles. The minimum absolute atomic E-state index is 0.00971. The zero-order valence-corrected chi connectivity index (χ0v) is 12.0. The predicted octanol–water partition coefficient (Wildman–Crippen LogP) is 3.81. The number of anilines is 2. The minimum atomic E-state index is -0.416. The zero-order chi connectivity index (χ0) is 14.5. The van der Waals surface area contributed by atoms with Gasteiger partial charge in [0.05, 0.1) is 4.92 Å². The maximum Gasteiger partial charge on any atom is 0.314 e. The van der Waals surface area contributed by atoms with E-state index >= 15 is 0 Å². The Morgan fingerprint density at radius 3 is 2.95 bits per heavy atom. The first-order chi connectivity index (χ1) is 9.58. The molecule has 2 atom stereocenters. The van der Waals surface area contributed by atoms with Crippen LogP contribution in [0.25, 0.3) is 0 Å². The fraction of sp³-hybridized carbons (Fsp3) is 0.600.